The Hall–Kier alpha value is -1.11. The highest BCUT2D eigenvalue weighted by Gasteiger charge is 2.12. The second kappa shape index (κ2) is 8.24. The van der Waals surface area contributed by atoms with Crippen LogP contribution in [-0.2, 0) is 9.53 Å². The number of rotatable bonds is 7. The molecule has 1 aromatic carbocycles. The lowest BCUT2D eigenvalue weighted by Gasteiger charge is -2.16. The van der Waals surface area contributed by atoms with Crippen LogP contribution in [0.5, 0.6) is 5.75 Å². The molecule has 0 aromatic heterocycles. The first-order valence-corrected chi connectivity index (χ1v) is 7.12. The van der Waals surface area contributed by atoms with Gasteiger partial charge in [0.15, 0.2) is 6.61 Å². The third-order valence-electron chi connectivity index (χ3n) is 2.60. The number of carbonyl (C=O) groups is 1. The van der Waals surface area contributed by atoms with E-state index in [1.54, 1.807) is 32.2 Å². The Labute approximate surface area is 127 Å². The van der Waals surface area contributed by atoms with E-state index in [-0.39, 0.29) is 18.6 Å². The molecule has 1 aromatic rings. The van der Waals surface area contributed by atoms with Gasteiger partial charge in [0, 0.05) is 23.2 Å². The number of hydrogen-bond donors (Lipinski definition) is 2. The van der Waals surface area contributed by atoms with Gasteiger partial charge in [-0.3, -0.25) is 4.79 Å². The Bertz CT molecular complexity index is 451. The Kier molecular flexibility index (Phi) is 6.98. The van der Waals surface area contributed by atoms with Crippen molar-refractivity contribution in [3.05, 3.63) is 28.2 Å². The summed E-state index contributed by atoms with van der Waals surface area (Å²) in [5, 5.41) is 12.4. The van der Waals surface area contributed by atoms with E-state index in [1.165, 1.54) is 0 Å². The SMILES string of the molecule is COCC(C)NC(=O)COc1ccc(Br)cc1[C@@H](C)O. The smallest absolute Gasteiger partial charge is 0.258 e. The van der Waals surface area contributed by atoms with Crippen molar-refractivity contribution in [3.63, 3.8) is 0 Å². The molecule has 0 radical (unpaired) electrons. The monoisotopic (exact) mass is 345 g/mol. The van der Waals surface area contributed by atoms with Crippen LogP contribution in [0.25, 0.3) is 0 Å². The number of methoxy groups -OCH3 is 1. The van der Waals surface area contributed by atoms with Gasteiger partial charge in [0.25, 0.3) is 5.91 Å². The molecular weight excluding hydrogens is 326 g/mol. The Balaban J connectivity index is 2.59. The molecule has 1 unspecified atom stereocenters. The highest BCUT2D eigenvalue weighted by atomic mass is 79.9. The number of amides is 1. The summed E-state index contributed by atoms with van der Waals surface area (Å²) in [7, 11) is 1.58. The van der Waals surface area contributed by atoms with Crippen molar-refractivity contribution in [2.45, 2.75) is 26.0 Å². The van der Waals surface area contributed by atoms with E-state index in [0.717, 1.165) is 4.47 Å². The van der Waals surface area contributed by atoms with Gasteiger partial charge in [0.1, 0.15) is 5.75 Å². The molecule has 1 amide bonds. The van der Waals surface area contributed by atoms with E-state index in [9.17, 15) is 9.90 Å². The Morgan fingerprint density at radius 2 is 2.15 bits per heavy atom. The fourth-order valence-corrected chi connectivity index (χ4v) is 2.11. The van der Waals surface area contributed by atoms with Gasteiger partial charge in [-0.25, -0.2) is 0 Å². The van der Waals surface area contributed by atoms with Crippen molar-refractivity contribution in [2.75, 3.05) is 20.3 Å². The topological polar surface area (TPSA) is 67.8 Å². The van der Waals surface area contributed by atoms with Gasteiger partial charge in [0.2, 0.25) is 0 Å². The zero-order valence-electron chi connectivity index (χ0n) is 11.9. The average molecular weight is 346 g/mol. The number of aliphatic hydroxyl groups excluding tert-OH is 1. The van der Waals surface area contributed by atoms with E-state index in [2.05, 4.69) is 21.2 Å². The minimum absolute atomic E-state index is 0.0720. The number of ether oxygens (including phenoxy) is 2. The van der Waals surface area contributed by atoms with Gasteiger partial charge in [-0.05, 0) is 32.0 Å². The number of aliphatic hydroxyl groups is 1. The van der Waals surface area contributed by atoms with E-state index < -0.39 is 6.10 Å². The van der Waals surface area contributed by atoms with Crippen LogP contribution >= 0.6 is 15.9 Å². The maximum absolute atomic E-state index is 11.7. The maximum Gasteiger partial charge on any atom is 0.258 e. The Morgan fingerprint density at radius 3 is 2.75 bits per heavy atom. The number of nitrogens with one attached hydrogen (secondary N) is 1. The Morgan fingerprint density at radius 1 is 1.45 bits per heavy atom. The van der Waals surface area contributed by atoms with Crippen molar-refractivity contribution < 1.29 is 19.4 Å². The predicted molar refractivity (Wildman–Crippen MR) is 79.8 cm³/mol. The minimum Gasteiger partial charge on any atom is -0.483 e. The molecular formula is C14H20BrNO4. The molecule has 5 nitrogen and oxygen atoms in total. The number of carbonyl (C=O) groups excluding carboxylic acids is 1. The van der Waals surface area contributed by atoms with Crippen LogP contribution in [-0.4, -0.2) is 37.4 Å². The quantitative estimate of drug-likeness (QED) is 0.793. The fraction of sp³-hybridized carbons (Fsp3) is 0.500. The zero-order chi connectivity index (χ0) is 15.1. The minimum atomic E-state index is -0.669. The predicted octanol–water partition coefficient (Wildman–Crippen LogP) is 2.03. The molecule has 20 heavy (non-hydrogen) atoms. The molecule has 0 fully saturated rings. The second-order valence-electron chi connectivity index (χ2n) is 4.57. The summed E-state index contributed by atoms with van der Waals surface area (Å²) in [6.45, 7) is 3.84. The molecule has 0 aliphatic rings. The van der Waals surface area contributed by atoms with Crippen LogP contribution in [0, 0.1) is 0 Å². The second-order valence-corrected chi connectivity index (χ2v) is 5.49. The third kappa shape index (κ3) is 5.48. The first kappa shape index (κ1) is 16.9. The molecule has 0 spiro atoms. The summed E-state index contributed by atoms with van der Waals surface area (Å²) in [5.41, 5.74) is 0.636. The molecule has 0 saturated heterocycles. The lowest BCUT2D eigenvalue weighted by molar-refractivity contribution is -0.124. The summed E-state index contributed by atoms with van der Waals surface area (Å²) in [6.07, 6.45) is -0.669. The molecule has 0 saturated carbocycles. The van der Waals surface area contributed by atoms with E-state index >= 15 is 0 Å². The van der Waals surface area contributed by atoms with E-state index in [1.807, 2.05) is 6.92 Å². The molecule has 0 heterocycles. The van der Waals surface area contributed by atoms with Crippen LogP contribution < -0.4 is 10.1 Å². The third-order valence-corrected chi connectivity index (χ3v) is 3.10. The molecule has 0 bridgehead atoms. The van der Waals surface area contributed by atoms with Gasteiger partial charge in [-0.2, -0.15) is 0 Å². The number of hydrogen-bond acceptors (Lipinski definition) is 4. The molecule has 2 N–H and O–H groups in total. The summed E-state index contributed by atoms with van der Waals surface area (Å²) < 4.78 is 11.2. The van der Waals surface area contributed by atoms with Crippen LogP contribution in [0.4, 0.5) is 0 Å². The summed E-state index contributed by atoms with van der Waals surface area (Å²) in [5.74, 6) is 0.270. The lowest BCUT2D eigenvalue weighted by Crippen LogP contribution is -2.38. The van der Waals surface area contributed by atoms with E-state index in [4.69, 9.17) is 9.47 Å². The number of halogens is 1. The highest BCUT2D eigenvalue weighted by molar-refractivity contribution is 9.10. The molecule has 0 aliphatic heterocycles. The van der Waals surface area contributed by atoms with Gasteiger partial charge in [0.05, 0.1) is 12.7 Å². The number of benzene rings is 1. The van der Waals surface area contributed by atoms with Crippen LogP contribution in [0.2, 0.25) is 0 Å². The van der Waals surface area contributed by atoms with Crippen LogP contribution in [0.3, 0.4) is 0 Å². The normalized spacial score (nSPS) is 13.7. The fourth-order valence-electron chi connectivity index (χ4n) is 1.73. The largest absolute Gasteiger partial charge is 0.483 e. The van der Waals surface area contributed by atoms with Crippen molar-refractivity contribution in [1.29, 1.82) is 0 Å². The van der Waals surface area contributed by atoms with Crippen LogP contribution in [0.1, 0.15) is 25.5 Å². The molecule has 0 aliphatic carbocycles. The van der Waals surface area contributed by atoms with Crippen molar-refractivity contribution in [2.24, 2.45) is 0 Å². The van der Waals surface area contributed by atoms with E-state index in [0.29, 0.717) is 17.9 Å². The zero-order valence-corrected chi connectivity index (χ0v) is 13.4. The van der Waals surface area contributed by atoms with Gasteiger partial charge in [-0.15, -0.1) is 0 Å². The van der Waals surface area contributed by atoms with Crippen molar-refractivity contribution in [3.8, 4) is 5.75 Å². The molecule has 1 rings (SSSR count). The molecule has 112 valence electrons. The lowest BCUT2D eigenvalue weighted by atomic mass is 10.1. The van der Waals surface area contributed by atoms with Crippen molar-refractivity contribution in [1.82, 2.24) is 5.32 Å². The first-order valence-electron chi connectivity index (χ1n) is 6.32. The van der Waals surface area contributed by atoms with Crippen molar-refractivity contribution >= 4 is 21.8 Å². The van der Waals surface area contributed by atoms with Gasteiger partial charge < -0.3 is 19.9 Å². The summed E-state index contributed by atoms with van der Waals surface area (Å²) in [6, 6.07) is 5.22. The summed E-state index contributed by atoms with van der Waals surface area (Å²) in [4.78, 5) is 11.7. The maximum atomic E-state index is 11.7. The van der Waals surface area contributed by atoms with Gasteiger partial charge in [-0.1, -0.05) is 15.9 Å². The average Bonchev–Trinajstić information content (AvgIpc) is 2.37. The molecule has 2 atom stereocenters. The van der Waals surface area contributed by atoms with Gasteiger partial charge >= 0.3 is 0 Å². The standard InChI is InChI=1S/C14H20BrNO4/c1-9(7-19-3)16-14(18)8-20-13-5-4-11(15)6-12(13)10(2)17/h4-6,9-10,17H,7-8H2,1-3H3,(H,16,18)/t9?,10-/m1/s1. The highest BCUT2D eigenvalue weighted by Crippen LogP contribution is 2.28. The van der Waals surface area contributed by atoms with Crippen LogP contribution in [0.15, 0.2) is 22.7 Å². The molecule has 6 heteroatoms. The summed E-state index contributed by atoms with van der Waals surface area (Å²) >= 11 is 3.33. The first-order chi connectivity index (χ1) is 9.43.